The Bertz CT molecular complexity index is 1180. The van der Waals surface area contributed by atoms with Crippen molar-refractivity contribution in [1.29, 1.82) is 0 Å². The molecule has 1 fully saturated rings. The molecule has 1 aromatic carbocycles. The Morgan fingerprint density at radius 2 is 1.97 bits per heavy atom. The number of hydrogen-bond donors (Lipinski definition) is 1. The average molecular weight is 488 g/mol. The van der Waals surface area contributed by atoms with Crippen molar-refractivity contribution in [1.82, 2.24) is 24.7 Å². The van der Waals surface area contributed by atoms with Gasteiger partial charge in [0.2, 0.25) is 27.6 Å². The highest BCUT2D eigenvalue weighted by Crippen LogP contribution is 2.19. The molecule has 3 aromatic rings. The van der Waals surface area contributed by atoms with Crippen LogP contribution in [0.25, 0.3) is 17.5 Å². The molecule has 0 saturated carbocycles. The molecule has 1 aliphatic heterocycles. The van der Waals surface area contributed by atoms with Crippen molar-refractivity contribution in [2.75, 3.05) is 26.2 Å². The number of thiophene rings is 1. The van der Waals surface area contributed by atoms with Gasteiger partial charge in [0.05, 0.1) is 12.6 Å². The van der Waals surface area contributed by atoms with Gasteiger partial charge in [-0.05, 0) is 30.0 Å². The van der Waals surface area contributed by atoms with Gasteiger partial charge in [-0.15, -0.1) is 0 Å². The fourth-order valence-electron chi connectivity index (χ4n) is 3.49. The molecule has 0 spiro atoms. The first-order chi connectivity index (χ1) is 15.9. The molecule has 33 heavy (non-hydrogen) atoms. The Balaban J connectivity index is 1.26. The lowest BCUT2D eigenvalue weighted by Crippen LogP contribution is -2.53. The molecular weight excluding hydrogens is 462 g/mol. The van der Waals surface area contributed by atoms with Gasteiger partial charge < -0.3 is 9.42 Å². The maximum Gasteiger partial charge on any atom is 0.241 e. The maximum absolute atomic E-state index is 12.8. The minimum Gasteiger partial charge on any atom is -0.339 e. The van der Waals surface area contributed by atoms with Gasteiger partial charge in [0, 0.05) is 42.5 Å². The van der Waals surface area contributed by atoms with E-state index in [9.17, 15) is 13.2 Å². The molecule has 0 aliphatic carbocycles. The highest BCUT2D eigenvalue weighted by Gasteiger charge is 2.27. The topological polar surface area (TPSA) is 109 Å². The molecule has 2 aromatic heterocycles. The molecule has 1 aliphatic rings. The van der Waals surface area contributed by atoms with E-state index in [1.54, 1.807) is 35.3 Å². The first-order valence-corrected chi connectivity index (χ1v) is 13.0. The van der Waals surface area contributed by atoms with Crippen molar-refractivity contribution in [3.8, 4) is 11.4 Å². The third-order valence-electron chi connectivity index (χ3n) is 5.24. The van der Waals surface area contributed by atoms with Crippen molar-refractivity contribution in [3.05, 3.63) is 64.0 Å². The second kappa shape index (κ2) is 10.4. The van der Waals surface area contributed by atoms with Crippen LogP contribution in [-0.4, -0.2) is 66.5 Å². The zero-order valence-corrected chi connectivity index (χ0v) is 19.8. The second-order valence-corrected chi connectivity index (χ2v) is 10.1. The molecule has 1 N–H and O–H groups in total. The summed E-state index contributed by atoms with van der Waals surface area (Å²) in [7, 11) is -3.75. The van der Waals surface area contributed by atoms with Gasteiger partial charge in [0.1, 0.15) is 0 Å². The summed E-state index contributed by atoms with van der Waals surface area (Å²) < 4.78 is 32.5. The van der Waals surface area contributed by atoms with Crippen LogP contribution in [0.5, 0.6) is 0 Å². The SMILES string of the molecule is C[C@H](NS(=O)(=O)/C=C/c1ccccc1)C(=O)N1CCN(Cc2nc(-c3ccsc3)no2)CC1. The molecular formula is C22H25N5O4S2. The van der Waals surface area contributed by atoms with Gasteiger partial charge in [-0.25, -0.2) is 8.42 Å². The summed E-state index contributed by atoms with van der Waals surface area (Å²) in [6.45, 7) is 4.33. The molecule has 1 amide bonds. The van der Waals surface area contributed by atoms with Gasteiger partial charge in [-0.3, -0.25) is 9.69 Å². The van der Waals surface area contributed by atoms with Crippen molar-refractivity contribution in [2.45, 2.75) is 19.5 Å². The van der Waals surface area contributed by atoms with Crippen LogP contribution in [0, 0.1) is 0 Å². The number of benzene rings is 1. The average Bonchev–Trinajstić information content (AvgIpc) is 3.50. The highest BCUT2D eigenvalue weighted by molar-refractivity contribution is 7.92. The van der Waals surface area contributed by atoms with Gasteiger partial charge in [0.15, 0.2) is 0 Å². The maximum atomic E-state index is 12.8. The van der Waals surface area contributed by atoms with Crippen molar-refractivity contribution in [2.24, 2.45) is 0 Å². The number of nitrogens with zero attached hydrogens (tertiary/aromatic N) is 4. The number of carbonyl (C=O) groups excluding carboxylic acids is 1. The van der Waals surface area contributed by atoms with Crippen molar-refractivity contribution >= 4 is 33.3 Å². The number of nitrogens with one attached hydrogen (secondary N) is 1. The molecule has 9 nitrogen and oxygen atoms in total. The van der Waals surface area contributed by atoms with Gasteiger partial charge in [0.25, 0.3) is 0 Å². The van der Waals surface area contributed by atoms with E-state index in [-0.39, 0.29) is 5.91 Å². The predicted molar refractivity (Wildman–Crippen MR) is 126 cm³/mol. The normalized spacial score (nSPS) is 16.3. The molecule has 0 unspecified atom stereocenters. The molecule has 1 saturated heterocycles. The number of rotatable bonds is 8. The van der Waals surface area contributed by atoms with Gasteiger partial charge >= 0.3 is 0 Å². The van der Waals surface area contributed by atoms with Crippen LogP contribution < -0.4 is 4.72 Å². The lowest BCUT2D eigenvalue weighted by molar-refractivity contribution is -0.134. The summed E-state index contributed by atoms with van der Waals surface area (Å²) in [6.07, 6.45) is 1.50. The van der Waals surface area contributed by atoms with Crippen LogP contribution in [-0.2, 0) is 21.4 Å². The fraction of sp³-hybridized carbons (Fsp3) is 0.318. The van der Waals surface area contributed by atoms with E-state index in [1.807, 2.05) is 35.0 Å². The van der Waals surface area contributed by atoms with E-state index in [0.717, 1.165) is 16.5 Å². The largest absolute Gasteiger partial charge is 0.339 e. The van der Waals surface area contributed by atoms with E-state index in [4.69, 9.17) is 4.52 Å². The predicted octanol–water partition coefficient (Wildman–Crippen LogP) is 2.42. The van der Waals surface area contributed by atoms with Crippen molar-refractivity contribution in [3.63, 3.8) is 0 Å². The van der Waals surface area contributed by atoms with E-state index in [1.165, 1.54) is 6.08 Å². The summed E-state index contributed by atoms with van der Waals surface area (Å²) in [5.74, 6) is 0.855. The first-order valence-electron chi connectivity index (χ1n) is 10.5. The van der Waals surface area contributed by atoms with Crippen molar-refractivity contribution < 1.29 is 17.7 Å². The number of sulfonamides is 1. The van der Waals surface area contributed by atoms with Gasteiger partial charge in [-0.1, -0.05) is 35.5 Å². The molecule has 1 atom stereocenters. The summed E-state index contributed by atoms with van der Waals surface area (Å²) in [5.41, 5.74) is 1.70. The molecule has 4 rings (SSSR count). The Morgan fingerprint density at radius 3 is 2.67 bits per heavy atom. The second-order valence-electron chi connectivity index (χ2n) is 7.72. The summed E-state index contributed by atoms with van der Waals surface area (Å²) in [4.78, 5) is 21.0. The van der Waals surface area contributed by atoms with E-state index >= 15 is 0 Å². The Kier molecular flexibility index (Phi) is 7.33. The number of piperazine rings is 1. The van der Waals surface area contributed by atoms with E-state index < -0.39 is 16.1 Å². The highest BCUT2D eigenvalue weighted by atomic mass is 32.2. The summed E-state index contributed by atoms with van der Waals surface area (Å²) >= 11 is 1.57. The van der Waals surface area contributed by atoms with Crippen LogP contribution in [0.15, 0.2) is 57.1 Å². The van der Waals surface area contributed by atoms with Crippen LogP contribution in [0.4, 0.5) is 0 Å². The lowest BCUT2D eigenvalue weighted by atomic mass is 10.2. The Labute approximate surface area is 196 Å². The minimum atomic E-state index is -3.75. The Morgan fingerprint density at radius 1 is 1.21 bits per heavy atom. The number of aromatic nitrogens is 2. The summed E-state index contributed by atoms with van der Waals surface area (Å²) in [5, 5.41) is 9.02. The van der Waals surface area contributed by atoms with E-state index in [2.05, 4.69) is 19.8 Å². The molecule has 0 bridgehead atoms. The third-order valence-corrected chi connectivity index (χ3v) is 7.10. The molecule has 3 heterocycles. The third kappa shape index (κ3) is 6.35. The van der Waals surface area contributed by atoms with Crippen LogP contribution in [0.2, 0.25) is 0 Å². The molecule has 174 valence electrons. The molecule has 11 heteroatoms. The Hall–Kier alpha value is -2.86. The zero-order chi connectivity index (χ0) is 23.3. The summed E-state index contributed by atoms with van der Waals surface area (Å²) in [6, 6.07) is 10.2. The smallest absolute Gasteiger partial charge is 0.241 e. The van der Waals surface area contributed by atoms with Crippen LogP contribution in [0.1, 0.15) is 18.4 Å². The van der Waals surface area contributed by atoms with Crippen LogP contribution >= 0.6 is 11.3 Å². The minimum absolute atomic E-state index is 0.246. The van der Waals surface area contributed by atoms with Gasteiger partial charge in [-0.2, -0.15) is 21.0 Å². The monoisotopic (exact) mass is 487 g/mol. The standard InChI is InChI=1S/C22H25N5O4S2/c1-17(25-33(29,30)14-8-18-5-3-2-4-6-18)22(28)27-11-9-26(10-12-27)15-20-23-21(24-31-20)19-7-13-32-16-19/h2-8,13-14,16-17,25H,9-12,15H2,1H3/b14-8+/t17-/m0/s1. The quantitative estimate of drug-likeness (QED) is 0.520. The number of amides is 1. The lowest BCUT2D eigenvalue weighted by Gasteiger charge is -2.35. The molecule has 0 radical (unpaired) electrons. The number of carbonyl (C=O) groups is 1. The van der Waals surface area contributed by atoms with Crippen LogP contribution in [0.3, 0.4) is 0 Å². The number of hydrogen-bond acceptors (Lipinski definition) is 8. The zero-order valence-electron chi connectivity index (χ0n) is 18.1. The fourth-order valence-corrected chi connectivity index (χ4v) is 5.13. The first kappa shape index (κ1) is 23.3. The van der Waals surface area contributed by atoms with E-state index in [0.29, 0.717) is 44.4 Å².